The molecule has 0 aliphatic carbocycles. The van der Waals surface area contributed by atoms with Crippen molar-refractivity contribution in [1.29, 1.82) is 0 Å². The zero-order valence-electron chi connectivity index (χ0n) is 16.6. The minimum Gasteiger partial charge on any atom is -0.372 e. The van der Waals surface area contributed by atoms with Gasteiger partial charge in [-0.2, -0.15) is 0 Å². The van der Waals surface area contributed by atoms with Gasteiger partial charge in [0.1, 0.15) is 0 Å². The Morgan fingerprint density at radius 2 is 1.70 bits per heavy atom. The van der Waals surface area contributed by atoms with Crippen LogP contribution in [0.3, 0.4) is 0 Å². The van der Waals surface area contributed by atoms with Crippen molar-refractivity contribution in [3.05, 3.63) is 72.1 Å². The molecule has 0 fully saturated rings. The standard InChI is InChI=1S/C25H30N2/c1-3-5-17-27(18-6-4-2)24-14-15-25-22(10-7-11-23(25)19-24)13-12-21-9-8-16-26-20-21/h7-16,19-20H,3-6,17-18H2,1-2H3. The quantitative estimate of drug-likeness (QED) is 0.417. The topological polar surface area (TPSA) is 16.1 Å². The summed E-state index contributed by atoms with van der Waals surface area (Å²) in [6.45, 7) is 6.81. The van der Waals surface area contributed by atoms with Gasteiger partial charge in [-0.1, -0.05) is 69.2 Å². The SMILES string of the molecule is CCCCN(CCCC)c1ccc2c(C=Cc3cccnc3)cccc2c1. The first kappa shape index (κ1) is 19.2. The molecule has 0 saturated carbocycles. The summed E-state index contributed by atoms with van der Waals surface area (Å²) in [4.78, 5) is 6.73. The Morgan fingerprint density at radius 3 is 2.41 bits per heavy atom. The molecule has 27 heavy (non-hydrogen) atoms. The van der Waals surface area contributed by atoms with Gasteiger partial charge in [0.15, 0.2) is 0 Å². The number of aromatic nitrogens is 1. The van der Waals surface area contributed by atoms with Gasteiger partial charge in [-0.25, -0.2) is 0 Å². The van der Waals surface area contributed by atoms with Crippen LogP contribution in [0, 0.1) is 0 Å². The Bertz CT molecular complexity index is 860. The molecule has 0 atom stereocenters. The maximum absolute atomic E-state index is 4.18. The second-order valence-electron chi connectivity index (χ2n) is 7.07. The van der Waals surface area contributed by atoms with Gasteiger partial charge in [-0.05, 0) is 52.9 Å². The lowest BCUT2D eigenvalue weighted by molar-refractivity contribution is 0.678. The number of benzene rings is 2. The molecule has 0 amide bonds. The predicted octanol–water partition coefficient (Wildman–Crippen LogP) is 6.81. The highest BCUT2D eigenvalue weighted by Crippen LogP contribution is 2.26. The van der Waals surface area contributed by atoms with Gasteiger partial charge < -0.3 is 4.90 Å². The number of fused-ring (bicyclic) bond motifs is 1. The highest BCUT2D eigenvalue weighted by atomic mass is 15.1. The van der Waals surface area contributed by atoms with E-state index in [4.69, 9.17) is 0 Å². The van der Waals surface area contributed by atoms with E-state index in [1.54, 1.807) is 6.20 Å². The van der Waals surface area contributed by atoms with Crippen molar-refractivity contribution >= 4 is 28.6 Å². The molecular weight excluding hydrogens is 328 g/mol. The van der Waals surface area contributed by atoms with Crippen LogP contribution in [-0.2, 0) is 0 Å². The Balaban J connectivity index is 1.88. The molecule has 2 aromatic carbocycles. The highest BCUT2D eigenvalue weighted by Gasteiger charge is 2.07. The summed E-state index contributed by atoms with van der Waals surface area (Å²) in [7, 11) is 0. The predicted molar refractivity (Wildman–Crippen MR) is 119 cm³/mol. The number of hydrogen-bond donors (Lipinski definition) is 0. The van der Waals surface area contributed by atoms with Gasteiger partial charge in [0.05, 0.1) is 0 Å². The Labute approximate surface area is 163 Å². The van der Waals surface area contributed by atoms with Gasteiger partial charge in [-0.3, -0.25) is 4.98 Å². The first-order valence-electron chi connectivity index (χ1n) is 10.2. The number of hydrogen-bond acceptors (Lipinski definition) is 2. The molecule has 0 saturated heterocycles. The summed E-state index contributed by atoms with van der Waals surface area (Å²) in [6.07, 6.45) is 13.0. The van der Waals surface area contributed by atoms with E-state index in [0.717, 1.165) is 18.7 Å². The Morgan fingerprint density at radius 1 is 0.889 bits per heavy atom. The van der Waals surface area contributed by atoms with Crippen molar-refractivity contribution in [2.45, 2.75) is 39.5 Å². The average Bonchev–Trinajstić information content (AvgIpc) is 2.72. The first-order valence-corrected chi connectivity index (χ1v) is 10.2. The van der Waals surface area contributed by atoms with Crippen LogP contribution in [0.15, 0.2) is 60.9 Å². The second-order valence-corrected chi connectivity index (χ2v) is 7.07. The van der Waals surface area contributed by atoms with Crippen molar-refractivity contribution in [3.8, 4) is 0 Å². The number of pyridine rings is 1. The molecule has 0 N–H and O–H groups in total. The van der Waals surface area contributed by atoms with Crippen LogP contribution in [0.5, 0.6) is 0 Å². The molecular formula is C25H30N2. The van der Waals surface area contributed by atoms with E-state index in [1.807, 2.05) is 12.3 Å². The van der Waals surface area contributed by atoms with Gasteiger partial charge >= 0.3 is 0 Å². The number of nitrogens with zero attached hydrogens (tertiary/aromatic N) is 2. The van der Waals surface area contributed by atoms with Gasteiger partial charge in [0.25, 0.3) is 0 Å². The largest absolute Gasteiger partial charge is 0.372 e. The molecule has 0 radical (unpaired) electrons. The summed E-state index contributed by atoms with van der Waals surface area (Å²) in [6, 6.07) is 17.5. The van der Waals surface area contributed by atoms with E-state index < -0.39 is 0 Å². The zero-order chi connectivity index (χ0) is 18.9. The molecule has 3 rings (SSSR count). The number of rotatable bonds is 9. The van der Waals surface area contributed by atoms with Gasteiger partial charge in [-0.15, -0.1) is 0 Å². The molecule has 1 heterocycles. The Kier molecular flexibility index (Phi) is 7.04. The monoisotopic (exact) mass is 358 g/mol. The first-order chi connectivity index (χ1) is 13.3. The third-order valence-corrected chi connectivity index (χ3v) is 4.97. The van der Waals surface area contributed by atoms with E-state index in [1.165, 1.54) is 47.7 Å². The molecule has 0 aliphatic rings. The van der Waals surface area contributed by atoms with E-state index in [-0.39, 0.29) is 0 Å². The minimum absolute atomic E-state index is 1.12. The van der Waals surface area contributed by atoms with E-state index in [9.17, 15) is 0 Å². The lowest BCUT2D eigenvalue weighted by atomic mass is 10.0. The lowest BCUT2D eigenvalue weighted by Gasteiger charge is -2.25. The van der Waals surface area contributed by atoms with Crippen LogP contribution in [-0.4, -0.2) is 18.1 Å². The molecule has 140 valence electrons. The molecule has 0 unspecified atom stereocenters. The third kappa shape index (κ3) is 5.19. The van der Waals surface area contributed by atoms with Crippen molar-refractivity contribution in [1.82, 2.24) is 4.98 Å². The van der Waals surface area contributed by atoms with Crippen molar-refractivity contribution in [2.24, 2.45) is 0 Å². The fourth-order valence-corrected chi connectivity index (χ4v) is 3.37. The van der Waals surface area contributed by atoms with Crippen LogP contribution < -0.4 is 4.90 Å². The molecule has 2 nitrogen and oxygen atoms in total. The van der Waals surface area contributed by atoms with Crippen LogP contribution in [0.4, 0.5) is 5.69 Å². The smallest absolute Gasteiger partial charge is 0.0372 e. The molecule has 1 aromatic heterocycles. The molecule has 0 spiro atoms. The van der Waals surface area contributed by atoms with Gasteiger partial charge in [0, 0.05) is 31.2 Å². The summed E-state index contributed by atoms with van der Waals surface area (Å²) >= 11 is 0. The summed E-state index contributed by atoms with van der Waals surface area (Å²) in [5.41, 5.74) is 3.71. The second kappa shape index (κ2) is 9.91. The molecule has 0 bridgehead atoms. The zero-order valence-corrected chi connectivity index (χ0v) is 16.6. The maximum atomic E-state index is 4.18. The van der Waals surface area contributed by atoms with Crippen LogP contribution in [0.2, 0.25) is 0 Å². The number of unbranched alkanes of at least 4 members (excludes halogenated alkanes) is 2. The molecule has 0 aliphatic heterocycles. The van der Waals surface area contributed by atoms with E-state index in [2.05, 4.69) is 78.3 Å². The Hall–Kier alpha value is -2.61. The highest BCUT2D eigenvalue weighted by molar-refractivity contribution is 5.94. The minimum atomic E-state index is 1.12. The molecule has 3 aromatic rings. The van der Waals surface area contributed by atoms with Crippen molar-refractivity contribution in [3.63, 3.8) is 0 Å². The fraction of sp³-hybridized carbons (Fsp3) is 0.320. The normalized spacial score (nSPS) is 11.3. The maximum Gasteiger partial charge on any atom is 0.0372 e. The van der Waals surface area contributed by atoms with Crippen LogP contribution in [0.1, 0.15) is 50.7 Å². The van der Waals surface area contributed by atoms with E-state index in [0.29, 0.717) is 0 Å². The number of anilines is 1. The summed E-state index contributed by atoms with van der Waals surface area (Å²) in [5.74, 6) is 0. The fourth-order valence-electron chi connectivity index (χ4n) is 3.37. The summed E-state index contributed by atoms with van der Waals surface area (Å²) < 4.78 is 0. The van der Waals surface area contributed by atoms with Crippen molar-refractivity contribution < 1.29 is 0 Å². The average molecular weight is 359 g/mol. The van der Waals surface area contributed by atoms with Crippen molar-refractivity contribution in [2.75, 3.05) is 18.0 Å². The van der Waals surface area contributed by atoms with E-state index >= 15 is 0 Å². The van der Waals surface area contributed by atoms with Crippen LogP contribution in [0.25, 0.3) is 22.9 Å². The summed E-state index contributed by atoms with van der Waals surface area (Å²) in [5, 5.41) is 2.60. The van der Waals surface area contributed by atoms with Crippen LogP contribution >= 0.6 is 0 Å². The third-order valence-electron chi connectivity index (χ3n) is 4.97. The lowest BCUT2D eigenvalue weighted by Crippen LogP contribution is -2.25. The van der Waals surface area contributed by atoms with Gasteiger partial charge in [0.2, 0.25) is 0 Å². The molecule has 2 heteroatoms.